The van der Waals surface area contributed by atoms with Crippen LogP contribution in [0, 0.1) is 12.8 Å². The van der Waals surface area contributed by atoms with Crippen LogP contribution in [0.15, 0.2) is 35.5 Å². The van der Waals surface area contributed by atoms with Crippen molar-refractivity contribution in [1.82, 2.24) is 19.4 Å². The van der Waals surface area contributed by atoms with Gasteiger partial charge >= 0.3 is 0 Å². The number of carbonyl (C=O) groups excluding carboxylic acids is 1. The number of aromatic nitrogens is 2. The molecule has 0 spiro atoms. The number of rotatable bonds is 6. The van der Waals surface area contributed by atoms with Crippen molar-refractivity contribution in [3.8, 4) is 5.69 Å². The molecule has 0 atom stereocenters. The molecule has 0 bridgehead atoms. The van der Waals surface area contributed by atoms with Crippen molar-refractivity contribution in [3.63, 3.8) is 0 Å². The number of nitrogens with zero attached hydrogens (tertiary/aromatic N) is 3. The largest absolute Gasteiger partial charge is 0.352 e. The molecule has 0 fully saturated rings. The van der Waals surface area contributed by atoms with E-state index in [2.05, 4.69) is 10.4 Å². The number of benzene rings is 1. The van der Waals surface area contributed by atoms with E-state index in [1.807, 2.05) is 20.0 Å². The van der Waals surface area contributed by atoms with E-state index in [9.17, 15) is 13.2 Å². The van der Waals surface area contributed by atoms with Crippen LogP contribution in [0.3, 0.4) is 0 Å². The lowest BCUT2D eigenvalue weighted by Crippen LogP contribution is -2.26. The Kier molecular flexibility index (Phi) is 5.64. The average Bonchev–Trinajstić information content (AvgIpc) is 3.00. The van der Waals surface area contributed by atoms with Gasteiger partial charge in [0.25, 0.3) is 0 Å². The van der Waals surface area contributed by atoms with Crippen LogP contribution in [0.25, 0.3) is 5.69 Å². The highest BCUT2D eigenvalue weighted by atomic mass is 32.2. The smallest absolute Gasteiger partial charge is 0.242 e. The molecule has 2 aromatic rings. The lowest BCUT2D eigenvalue weighted by molar-refractivity contribution is -0.124. The maximum absolute atomic E-state index is 12.3. The Bertz CT molecular complexity index is 870. The van der Waals surface area contributed by atoms with E-state index in [4.69, 9.17) is 0 Å². The summed E-state index contributed by atoms with van der Waals surface area (Å²) in [7, 11) is -0.456. The number of carbonyl (C=O) groups is 1. The molecule has 0 saturated carbocycles. The van der Waals surface area contributed by atoms with Crippen molar-refractivity contribution in [2.45, 2.75) is 32.2 Å². The van der Waals surface area contributed by atoms with Crippen LogP contribution >= 0.6 is 0 Å². The van der Waals surface area contributed by atoms with E-state index in [0.29, 0.717) is 12.1 Å². The first kappa shape index (κ1) is 19.1. The Labute approximate surface area is 148 Å². The molecular weight excluding hydrogens is 340 g/mol. The van der Waals surface area contributed by atoms with Crippen LogP contribution in [0.2, 0.25) is 0 Å². The number of nitrogens with one attached hydrogen (secondary N) is 1. The van der Waals surface area contributed by atoms with Crippen LogP contribution in [-0.4, -0.2) is 42.5 Å². The highest BCUT2D eigenvalue weighted by Gasteiger charge is 2.20. The predicted molar refractivity (Wildman–Crippen MR) is 95.9 cm³/mol. The van der Waals surface area contributed by atoms with Gasteiger partial charge in [-0.3, -0.25) is 4.79 Å². The second-order valence-corrected chi connectivity index (χ2v) is 8.52. The van der Waals surface area contributed by atoms with Gasteiger partial charge in [0.05, 0.1) is 16.8 Å². The summed E-state index contributed by atoms with van der Waals surface area (Å²) in [6.45, 7) is 5.84. The van der Waals surface area contributed by atoms with Crippen LogP contribution in [0.1, 0.15) is 25.0 Å². The molecule has 0 saturated heterocycles. The third kappa shape index (κ3) is 4.26. The third-order valence-corrected chi connectivity index (χ3v) is 5.78. The topological polar surface area (TPSA) is 84.3 Å². The number of hydrogen-bond donors (Lipinski definition) is 1. The number of sulfonamides is 1. The molecule has 0 aliphatic carbocycles. The molecule has 136 valence electrons. The fourth-order valence-corrected chi connectivity index (χ4v) is 3.35. The molecule has 25 heavy (non-hydrogen) atoms. The Hall–Kier alpha value is -2.19. The van der Waals surface area contributed by atoms with E-state index in [1.165, 1.54) is 18.4 Å². The molecule has 8 heteroatoms. The quantitative estimate of drug-likeness (QED) is 0.846. The molecule has 0 radical (unpaired) electrons. The molecular formula is C17H24N4O3S. The SMILES string of the molecule is Cc1cc(-n2cc(CNC(=O)C(C)C)cn2)ccc1S(=O)(=O)N(C)C. The predicted octanol–water partition coefficient (Wildman–Crippen LogP) is 1.70. The summed E-state index contributed by atoms with van der Waals surface area (Å²) in [6, 6.07) is 5.08. The summed E-state index contributed by atoms with van der Waals surface area (Å²) in [5, 5.41) is 7.12. The summed E-state index contributed by atoms with van der Waals surface area (Å²) in [4.78, 5) is 11.9. The molecule has 1 N–H and O–H groups in total. The zero-order chi connectivity index (χ0) is 18.8. The zero-order valence-electron chi connectivity index (χ0n) is 15.1. The van der Waals surface area contributed by atoms with Gasteiger partial charge in [0, 0.05) is 38.3 Å². The van der Waals surface area contributed by atoms with Crippen molar-refractivity contribution >= 4 is 15.9 Å². The first-order valence-electron chi connectivity index (χ1n) is 7.97. The van der Waals surface area contributed by atoms with Gasteiger partial charge in [0.1, 0.15) is 0 Å². The van der Waals surface area contributed by atoms with Crippen LogP contribution in [0.4, 0.5) is 0 Å². The average molecular weight is 364 g/mol. The summed E-state index contributed by atoms with van der Waals surface area (Å²) < 4.78 is 27.4. The molecule has 0 unspecified atom stereocenters. The molecule has 1 aromatic carbocycles. The maximum atomic E-state index is 12.3. The highest BCUT2D eigenvalue weighted by Crippen LogP contribution is 2.21. The van der Waals surface area contributed by atoms with E-state index < -0.39 is 10.0 Å². The molecule has 7 nitrogen and oxygen atoms in total. The van der Waals surface area contributed by atoms with Gasteiger partial charge in [-0.25, -0.2) is 17.4 Å². The second kappa shape index (κ2) is 7.37. The number of aryl methyl sites for hydroxylation is 1. The van der Waals surface area contributed by atoms with E-state index in [-0.39, 0.29) is 16.7 Å². The van der Waals surface area contributed by atoms with Gasteiger partial charge in [0.15, 0.2) is 0 Å². The van der Waals surface area contributed by atoms with Crippen molar-refractivity contribution in [1.29, 1.82) is 0 Å². The van der Waals surface area contributed by atoms with Gasteiger partial charge < -0.3 is 5.32 Å². The summed E-state index contributed by atoms with van der Waals surface area (Å²) in [5.74, 6) is -0.0780. The highest BCUT2D eigenvalue weighted by molar-refractivity contribution is 7.89. The lowest BCUT2D eigenvalue weighted by atomic mass is 10.2. The first-order chi connectivity index (χ1) is 11.6. The molecule has 1 aromatic heterocycles. The lowest BCUT2D eigenvalue weighted by Gasteiger charge is -2.14. The molecule has 1 amide bonds. The first-order valence-corrected chi connectivity index (χ1v) is 9.41. The minimum absolute atomic E-state index is 0.0122. The van der Waals surface area contributed by atoms with E-state index >= 15 is 0 Å². The third-order valence-electron chi connectivity index (χ3n) is 3.81. The van der Waals surface area contributed by atoms with Gasteiger partial charge in [0.2, 0.25) is 15.9 Å². The van der Waals surface area contributed by atoms with Crippen molar-refractivity contribution in [2.24, 2.45) is 5.92 Å². The minimum Gasteiger partial charge on any atom is -0.352 e. The molecule has 1 heterocycles. The minimum atomic E-state index is -3.47. The Morgan fingerprint density at radius 2 is 2.00 bits per heavy atom. The van der Waals surface area contributed by atoms with Crippen LogP contribution < -0.4 is 5.32 Å². The summed E-state index contributed by atoms with van der Waals surface area (Å²) in [5.41, 5.74) is 2.28. The van der Waals surface area contributed by atoms with Gasteiger partial charge in [-0.2, -0.15) is 5.10 Å². The van der Waals surface area contributed by atoms with Crippen molar-refractivity contribution < 1.29 is 13.2 Å². The second-order valence-electron chi connectivity index (χ2n) is 6.40. The van der Waals surface area contributed by atoms with Gasteiger partial charge in [-0.05, 0) is 30.7 Å². The number of amides is 1. The Morgan fingerprint density at radius 1 is 1.32 bits per heavy atom. The summed E-state index contributed by atoms with van der Waals surface area (Å²) in [6.07, 6.45) is 3.50. The van der Waals surface area contributed by atoms with Crippen molar-refractivity contribution in [2.75, 3.05) is 14.1 Å². The number of hydrogen-bond acceptors (Lipinski definition) is 4. The maximum Gasteiger partial charge on any atom is 0.242 e. The van der Waals surface area contributed by atoms with E-state index in [0.717, 1.165) is 11.3 Å². The Balaban J connectivity index is 2.21. The van der Waals surface area contributed by atoms with Crippen LogP contribution in [0.5, 0.6) is 0 Å². The monoisotopic (exact) mass is 364 g/mol. The van der Waals surface area contributed by atoms with Gasteiger partial charge in [-0.15, -0.1) is 0 Å². The van der Waals surface area contributed by atoms with Gasteiger partial charge in [-0.1, -0.05) is 13.8 Å². The normalized spacial score (nSPS) is 12.0. The summed E-state index contributed by atoms with van der Waals surface area (Å²) >= 11 is 0. The van der Waals surface area contributed by atoms with Crippen molar-refractivity contribution in [3.05, 3.63) is 41.7 Å². The zero-order valence-corrected chi connectivity index (χ0v) is 16.0. The molecule has 0 aliphatic heterocycles. The Morgan fingerprint density at radius 3 is 2.56 bits per heavy atom. The fourth-order valence-electron chi connectivity index (χ4n) is 2.25. The molecule has 2 rings (SSSR count). The van der Waals surface area contributed by atoms with E-state index in [1.54, 1.807) is 36.0 Å². The molecule has 0 aliphatic rings. The standard InChI is InChI=1S/C17H24N4O3S/c1-12(2)17(22)18-9-14-10-19-21(11-14)15-6-7-16(13(3)8-15)25(23,24)20(4)5/h6-8,10-12H,9H2,1-5H3,(H,18,22). The fraction of sp³-hybridized carbons (Fsp3) is 0.412. The van der Waals surface area contributed by atoms with Crippen LogP contribution in [-0.2, 0) is 21.4 Å².